The molecule has 16 heavy (non-hydrogen) atoms. The fraction of sp³-hybridized carbons (Fsp3) is 0.167. The summed E-state index contributed by atoms with van der Waals surface area (Å²) in [6, 6.07) is 9.59. The van der Waals surface area contributed by atoms with Crippen LogP contribution in [0.2, 0.25) is 0 Å². The third-order valence-electron chi connectivity index (χ3n) is 2.54. The highest BCUT2D eigenvalue weighted by molar-refractivity contribution is 5.85. The van der Waals surface area contributed by atoms with Crippen molar-refractivity contribution in [1.29, 1.82) is 0 Å². The molecule has 0 aliphatic heterocycles. The normalized spacial score (nSPS) is 22.2. The number of halogens is 1. The summed E-state index contributed by atoms with van der Waals surface area (Å²) in [7, 11) is 0. The van der Waals surface area contributed by atoms with E-state index >= 15 is 0 Å². The summed E-state index contributed by atoms with van der Waals surface area (Å²) < 4.78 is 0. The van der Waals surface area contributed by atoms with Crippen molar-refractivity contribution >= 4 is 18.0 Å². The van der Waals surface area contributed by atoms with Gasteiger partial charge in [-0.25, -0.2) is 0 Å². The molecule has 0 radical (unpaired) electrons. The van der Waals surface area contributed by atoms with Gasteiger partial charge in [0.1, 0.15) is 11.8 Å². The maximum absolute atomic E-state index is 9.98. The van der Waals surface area contributed by atoms with Crippen molar-refractivity contribution in [2.45, 2.75) is 11.8 Å². The molecular weight excluding hydrogens is 224 g/mol. The maximum atomic E-state index is 9.98. The van der Waals surface area contributed by atoms with Crippen LogP contribution in [0.5, 0.6) is 0 Å². The van der Waals surface area contributed by atoms with Crippen LogP contribution in [0.3, 0.4) is 0 Å². The van der Waals surface area contributed by atoms with Crippen molar-refractivity contribution in [1.82, 2.24) is 0 Å². The summed E-state index contributed by atoms with van der Waals surface area (Å²) in [5.41, 5.74) is 12.0. The Labute approximate surface area is 101 Å². The van der Waals surface area contributed by atoms with E-state index < -0.39 is 11.8 Å². The summed E-state index contributed by atoms with van der Waals surface area (Å²) in [5.74, 6) is 0. The lowest BCUT2D eigenvalue weighted by Gasteiger charge is -2.31. The summed E-state index contributed by atoms with van der Waals surface area (Å²) in [5, 5.41) is 9.98. The highest BCUT2D eigenvalue weighted by atomic mass is 35.5. The molecular formula is C12H15ClN2O. The van der Waals surface area contributed by atoms with E-state index in [9.17, 15) is 5.11 Å². The molecule has 86 valence electrons. The average molecular weight is 239 g/mol. The minimum absolute atomic E-state index is 0. The quantitative estimate of drug-likeness (QED) is 0.640. The van der Waals surface area contributed by atoms with Crippen LogP contribution in [0.1, 0.15) is 5.56 Å². The lowest BCUT2D eigenvalue weighted by Crippen LogP contribution is -2.58. The van der Waals surface area contributed by atoms with Crippen molar-refractivity contribution in [3.8, 4) is 0 Å². The first-order valence-electron chi connectivity index (χ1n) is 4.82. The van der Waals surface area contributed by atoms with Crippen LogP contribution in [-0.2, 0) is 0 Å². The molecule has 1 aliphatic carbocycles. The molecule has 0 spiro atoms. The zero-order valence-electron chi connectivity index (χ0n) is 8.71. The van der Waals surface area contributed by atoms with Gasteiger partial charge in [0.25, 0.3) is 0 Å². The Balaban J connectivity index is 0.00000128. The van der Waals surface area contributed by atoms with E-state index in [2.05, 4.69) is 0 Å². The van der Waals surface area contributed by atoms with Gasteiger partial charge in [0.05, 0.1) is 0 Å². The van der Waals surface area contributed by atoms with Crippen LogP contribution in [-0.4, -0.2) is 16.9 Å². The number of benzene rings is 1. The average Bonchev–Trinajstić information content (AvgIpc) is 2.23. The van der Waals surface area contributed by atoms with Gasteiger partial charge in [-0.15, -0.1) is 12.4 Å². The van der Waals surface area contributed by atoms with E-state index in [-0.39, 0.29) is 12.4 Å². The molecule has 0 saturated carbocycles. The van der Waals surface area contributed by atoms with Gasteiger partial charge < -0.3 is 16.6 Å². The van der Waals surface area contributed by atoms with Gasteiger partial charge in [-0.2, -0.15) is 0 Å². The van der Waals surface area contributed by atoms with Gasteiger partial charge in [-0.1, -0.05) is 42.5 Å². The van der Waals surface area contributed by atoms with E-state index in [1.807, 2.05) is 36.4 Å². The minimum Gasteiger partial charge on any atom is -0.385 e. The van der Waals surface area contributed by atoms with E-state index in [0.29, 0.717) is 0 Å². The number of hydrogen-bond donors (Lipinski definition) is 3. The van der Waals surface area contributed by atoms with Crippen LogP contribution < -0.4 is 11.5 Å². The highest BCUT2D eigenvalue weighted by Crippen LogP contribution is 2.26. The summed E-state index contributed by atoms with van der Waals surface area (Å²) in [6.07, 6.45) is 4.34. The first-order chi connectivity index (χ1) is 7.11. The Bertz CT molecular complexity index is 412. The van der Waals surface area contributed by atoms with Crippen molar-refractivity contribution < 1.29 is 5.11 Å². The standard InChI is InChI=1S/C12H14N2O.ClH/c13-12(14)8-4-7-10(11(12)15)9-5-2-1-3-6-9;/h1-8,11,15H,13-14H2;1H. The molecule has 4 heteroatoms. The van der Waals surface area contributed by atoms with Crippen molar-refractivity contribution in [3.05, 3.63) is 54.1 Å². The monoisotopic (exact) mass is 238 g/mol. The fourth-order valence-electron chi connectivity index (χ4n) is 1.65. The Morgan fingerprint density at radius 3 is 2.38 bits per heavy atom. The Hall–Kier alpha value is -1.13. The maximum Gasteiger partial charge on any atom is 0.114 e. The zero-order chi connectivity index (χ0) is 10.9. The molecule has 1 unspecified atom stereocenters. The molecule has 0 aromatic heterocycles. The van der Waals surface area contributed by atoms with Crippen molar-refractivity contribution in [2.75, 3.05) is 0 Å². The molecule has 2 rings (SSSR count). The lowest BCUT2D eigenvalue weighted by atomic mass is 9.88. The predicted octanol–water partition coefficient (Wildman–Crippen LogP) is 1.04. The number of aliphatic hydroxyl groups excluding tert-OH is 1. The van der Waals surface area contributed by atoms with Gasteiger partial charge in [0.2, 0.25) is 0 Å². The van der Waals surface area contributed by atoms with Crippen LogP contribution in [0.15, 0.2) is 48.6 Å². The van der Waals surface area contributed by atoms with Crippen LogP contribution in [0, 0.1) is 0 Å². The fourth-order valence-corrected chi connectivity index (χ4v) is 1.65. The molecule has 0 heterocycles. The molecule has 0 fully saturated rings. The highest BCUT2D eigenvalue weighted by Gasteiger charge is 2.31. The second-order valence-electron chi connectivity index (χ2n) is 3.75. The van der Waals surface area contributed by atoms with E-state index in [0.717, 1.165) is 11.1 Å². The number of nitrogens with two attached hydrogens (primary N) is 2. The van der Waals surface area contributed by atoms with Crippen molar-refractivity contribution in [2.24, 2.45) is 11.5 Å². The lowest BCUT2D eigenvalue weighted by molar-refractivity contribution is 0.165. The summed E-state index contributed by atoms with van der Waals surface area (Å²) >= 11 is 0. The Morgan fingerprint density at radius 2 is 1.75 bits per heavy atom. The SMILES string of the molecule is Cl.NC1(N)C=CC=C(c2ccccc2)C1O. The Kier molecular flexibility index (Phi) is 3.88. The van der Waals surface area contributed by atoms with Gasteiger partial charge in [0, 0.05) is 0 Å². The third-order valence-corrected chi connectivity index (χ3v) is 2.54. The smallest absolute Gasteiger partial charge is 0.114 e. The van der Waals surface area contributed by atoms with Gasteiger partial charge >= 0.3 is 0 Å². The van der Waals surface area contributed by atoms with Gasteiger partial charge in [-0.05, 0) is 17.2 Å². The molecule has 0 saturated heterocycles. The molecule has 5 N–H and O–H groups in total. The topological polar surface area (TPSA) is 72.3 Å². The van der Waals surface area contributed by atoms with Crippen molar-refractivity contribution in [3.63, 3.8) is 0 Å². The second kappa shape index (κ2) is 4.80. The molecule has 0 bridgehead atoms. The van der Waals surface area contributed by atoms with E-state index in [1.165, 1.54) is 0 Å². The largest absolute Gasteiger partial charge is 0.385 e. The van der Waals surface area contributed by atoms with Crippen LogP contribution in [0.25, 0.3) is 5.57 Å². The van der Waals surface area contributed by atoms with Crippen LogP contribution >= 0.6 is 12.4 Å². The second-order valence-corrected chi connectivity index (χ2v) is 3.75. The molecule has 3 nitrogen and oxygen atoms in total. The summed E-state index contributed by atoms with van der Waals surface area (Å²) in [6.45, 7) is 0. The number of aliphatic hydroxyl groups is 1. The van der Waals surface area contributed by atoms with E-state index in [1.54, 1.807) is 12.2 Å². The van der Waals surface area contributed by atoms with Gasteiger partial charge in [0.15, 0.2) is 0 Å². The molecule has 1 atom stereocenters. The zero-order valence-corrected chi connectivity index (χ0v) is 9.52. The predicted molar refractivity (Wildman–Crippen MR) is 67.9 cm³/mol. The first-order valence-corrected chi connectivity index (χ1v) is 4.82. The number of hydrogen-bond acceptors (Lipinski definition) is 3. The number of allylic oxidation sites excluding steroid dienone is 2. The molecule has 1 aromatic rings. The first kappa shape index (κ1) is 12.9. The summed E-state index contributed by atoms with van der Waals surface area (Å²) in [4.78, 5) is 0. The minimum atomic E-state index is -1.18. The molecule has 1 aliphatic rings. The molecule has 1 aromatic carbocycles. The molecule has 0 amide bonds. The van der Waals surface area contributed by atoms with Crippen LogP contribution in [0.4, 0.5) is 0 Å². The number of rotatable bonds is 1. The Morgan fingerprint density at radius 1 is 1.12 bits per heavy atom. The van der Waals surface area contributed by atoms with Gasteiger partial charge in [-0.3, -0.25) is 0 Å². The van der Waals surface area contributed by atoms with E-state index in [4.69, 9.17) is 11.5 Å². The third kappa shape index (κ3) is 2.33.